The molecule has 0 aromatic carbocycles. The molecule has 2 aromatic rings. The Bertz CT molecular complexity index is 543. The van der Waals surface area contributed by atoms with Crippen molar-refractivity contribution in [1.82, 2.24) is 19.9 Å². The Morgan fingerprint density at radius 2 is 2.26 bits per heavy atom. The number of hydrogen-bond donors (Lipinski definition) is 1. The zero-order chi connectivity index (χ0) is 13.5. The molecule has 1 N–H and O–H groups in total. The number of imidazole rings is 1. The van der Waals surface area contributed by atoms with Gasteiger partial charge in [-0.2, -0.15) is 0 Å². The number of nitrogens with zero attached hydrogens (tertiary/aromatic N) is 3. The molecule has 0 aliphatic rings. The van der Waals surface area contributed by atoms with Gasteiger partial charge in [0.25, 0.3) is 0 Å². The molecule has 0 bridgehead atoms. The average Bonchev–Trinajstić information content (AvgIpc) is 2.87. The van der Waals surface area contributed by atoms with Crippen LogP contribution in [0.3, 0.4) is 0 Å². The number of unbranched alkanes of at least 4 members (excludes halogenated alkanes) is 1. The number of rotatable bonds is 7. The normalized spacial score (nSPS) is 10.8. The molecule has 0 radical (unpaired) electrons. The van der Waals surface area contributed by atoms with Crippen LogP contribution in [0.25, 0.3) is 11.2 Å². The minimum atomic E-state index is -0.121. The lowest BCUT2D eigenvalue weighted by Crippen LogP contribution is -2.03. The molecule has 0 aliphatic carbocycles. The highest BCUT2D eigenvalue weighted by molar-refractivity contribution is 7.99. The summed E-state index contributed by atoms with van der Waals surface area (Å²) in [6, 6.07) is 0. The Labute approximate surface area is 115 Å². The van der Waals surface area contributed by atoms with Crippen molar-refractivity contribution in [1.29, 1.82) is 0 Å². The lowest BCUT2D eigenvalue weighted by atomic mass is 10.2. The van der Waals surface area contributed by atoms with E-state index < -0.39 is 0 Å². The van der Waals surface area contributed by atoms with Crippen LogP contribution in [-0.4, -0.2) is 38.3 Å². The number of ether oxygens (including phenoxy) is 1. The van der Waals surface area contributed by atoms with Crippen molar-refractivity contribution < 1.29 is 9.53 Å². The van der Waals surface area contributed by atoms with Gasteiger partial charge < -0.3 is 9.72 Å². The molecule has 0 aliphatic heterocycles. The third-order valence-electron chi connectivity index (χ3n) is 2.50. The third-order valence-corrected chi connectivity index (χ3v) is 3.57. The van der Waals surface area contributed by atoms with Crippen molar-refractivity contribution in [2.45, 2.75) is 31.2 Å². The number of thioether (sulfide) groups is 1. The lowest BCUT2D eigenvalue weighted by molar-refractivity contribution is -0.143. The number of carbonyl (C=O) groups excluding carboxylic acids is 1. The van der Waals surface area contributed by atoms with Gasteiger partial charge in [-0.25, -0.2) is 15.0 Å². The van der Waals surface area contributed by atoms with E-state index in [-0.39, 0.29) is 5.97 Å². The maximum absolute atomic E-state index is 11.2. The molecule has 6 nitrogen and oxygen atoms in total. The van der Waals surface area contributed by atoms with Crippen LogP contribution >= 0.6 is 11.8 Å². The van der Waals surface area contributed by atoms with E-state index in [1.807, 2.05) is 6.92 Å². The van der Waals surface area contributed by atoms with Crippen molar-refractivity contribution in [2.75, 3.05) is 12.4 Å². The summed E-state index contributed by atoms with van der Waals surface area (Å²) < 4.78 is 4.87. The first-order chi connectivity index (χ1) is 9.31. The maximum Gasteiger partial charge on any atom is 0.305 e. The number of hydrogen-bond acceptors (Lipinski definition) is 6. The molecule has 0 spiro atoms. The minimum absolute atomic E-state index is 0.121. The number of nitrogens with one attached hydrogen (secondary N) is 1. The molecule has 2 rings (SSSR count). The smallest absolute Gasteiger partial charge is 0.305 e. The van der Waals surface area contributed by atoms with E-state index in [1.54, 1.807) is 18.1 Å². The Morgan fingerprint density at radius 3 is 3.11 bits per heavy atom. The molecule has 19 heavy (non-hydrogen) atoms. The topological polar surface area (TPSA) is 80.8 Å². The van der Waals surface area contributed by atoms with Gasteiger partial charge >= 0.3 is 5.97 Å². The molecule has 102 valence electrons. The summed E-state index contributed by atoms with van der Waals surface area (Å²) in [5, 5.41) is 0.877. The summed E-state index contributed by atoms with van der Waals surface area (Å²) in [5.74, 6) is 0.780. The average molecular weight is 280 g/mol. The molecule has 0 unspecified atom stereocenters. The third kappa shape index (κ3) is 3.92. The van der Waals surface area contributed by atoms with Crippen LogP contribution in [0.5, 0.6) is 0 Å². The fraction of sp³-hybridized carbons (Fsp3) is 0.500. The molecule has 2 heterocycles. The number of carbonyl (C=O) groups is 1. The molecule has 0 atom stereocenters. The first-order valence-electron chi connectivity index (χ1n) is 6.23. The van der Waals surface area contributed by atoms with E-state index in [4.69, 9.17) is 4.74 Å². The predicted octanol–water partition coefficient (Wildman–Crippen LogP) is 2.18. The number of H-pyrrole nitrogens is 1. The van der Waals surface area contributed by atoms with Crippen LogP contribution in [0.15, 0.2) is 17.7 Å². The number of aromatic amines is 1. The zero-order valence-electron chi connectivity index (χ0n) is 10.8. The number of fused-ring (bicyclic) bond motifs is 1. The fourth-order valence-electron chi connectivity index (χ4n) is 1.62. The van der Waals surface area contributed by atoms with Gasteiger partial charge in [0, 0.05) is 6.42 Å². The van der Waals surface area contributed by atoms with Crippen molar-refractivity contribution in [3.63, 3.8) is 0 Å². The largest absolute Gasteiger partial charge is 0.466 e. The summed E-state index contributed by atoms with van der Waals surface area (Å²) in [4.78, 5) is 26.6. The van der Waals surface area contributed by atoms with Crippen LogP contribution in [0.2, 0.25) is 0 Å². The molecular formula is C12H16N4O2S. The molecule has 0 saturated carbocycles. The zero-order valence-corrected chi connectivity index (χ0v) is 11.6. The van der Waals surface area contributed by atoms with Crippen molar-refractivity contribution in [3.8, 4) is 0 Å². The highest BCUT2D eigenvalue weighted by Crippen LogP contribution is 2.22. The molecule has 0 amide bonds. The first kappa shape index (κ1) is 13.8. The number of esters is 1. The lowest BCUT2D eigenvalue weighted by Gasteiger charge is -2.02. The SMILES string of the molecule is CCOC(=O)CCCCSc1ncnc2[nH]cnc12. The van der Waals surface area contributed by atoms with E-state index in [1.165, 1.54) is 6.33 Å². The van der Waals surface area contributed by atoms with Gasteiger partial charge in [-0.05, 0) is 25.5 Å². The monoisotopic (exact) mass is 280 g/mol. The van der Waals surface area contributed by atoms with E-state index in [2.05, 4.69) is 19.9 Å². The Balaban J connectivity index is 1.74. The second kappa shape index (κ2) is 7.08. The van der Waals surface area contributed by atoms with E-state index in [0.29, 0.717) is 13.0 Å². The van der Waals surface area contributed by atoms with Crippen LogP contribution in [0.1, 0.15) is 26.2 Å². The summed E-state index contributed by atoms with van der Waals surface area (Å²) in [5.41, 5.74) is 1.56. The quantitative estimate of drug-likeness (QED) is 0.362. The first-order valence-corrected chi connectivity index (χ1v) is 7.22. The molecule has 0 fully saturated rings. The second-order valence-corrected chi connectivity index (χ2v) is 4.97. The van der Waals surface area contributed by atoms with Gasteiger partial charge in [0.05, 0.1) is 12.9 Å². The Morgan fingerprint density at radius 1 is 1.37 bits per heavy atom. The highest BCUT2D eigenvalue weighted by atomic mass is 32.2. The number of aromatic nitrogens is 4. The molecule has 0 saturated heterocycles. The summed E-state index contributed by atoms with van der Waals surface area (Å²) in [7, 11) is 0. The molecule has 2 aromatic heterocycles. The Kier molecular flexibility index (Phi) is 5.14. The molecular weight excluding hydrogens is 264 g/mol. The van der Waals surface area contributed by atoms with E-state index >= 15 is 0 Å². The fourth-order valence-corrected chi connectivity index (χ4v) is 2.57. The van der Waals surface area contributed by atoms with Crippen molar-refractivity contribution >= 4 is 28.9 Å². The highest BCUT2D eigenvalue weighted by Gasteiger charge is 2.06. The summed E-state index contributed by atoms with van der Waals surface area (Å²) >= 11 is 1.63. The van der Waals surface area contributed by atoms with Gasteiger partial charge in [-0.1, -0.05) is 0 Å². The van der Waals surface area contributed by atoms with Crippen LogP contribution in [0.4, 0.5) is 0 Å². The standard InChI is InChI=1S/C12H16N4O2S/c1-2-18-9(17)5-3-4-6-19-12-10-11(14-7-13-10)15-8-16-12/h7-8H,2-6H2,1H3,(H,13,14,15,16). The van der Waals surface area contributed by atoms with Gasteiger partial charge in [0.15, 0.2) is 5.65 Å². The van der Waals surface area contributed by atoms with Gasteiger partial charge in [-0.15, -0.1) is 11.8 Å². The summed E-state index contributed by atoms with van der Waals surface area (Å²) in [6.45, 7) is 2.27. The van der Waals surface area contributed by atoms with Crippen molar-refractivity contribution in [3.05, 3.63) is 12.7 Å². The van der Waals surface area contributed by atoms with Crippen LogP contribution in [-0.2, 0) is 9.53 Å². The second-order valence-electron chi connectivity index (χ2n) is 3.89. The van der Waals surface area contributed by atoms with Gasteiger partial charge in [0.2, 0.25) is 0 Å². The van der Waals surface area contributed by atoms with Gasteiger partial charge in [-0.3, -0.25) is 4.79 Å². The predicted molar refractivity (Wildman–Crippen MR) is 72.9 cm³/mol. The summed E-state index contributed by atoms with van der Waals surface area (Å²) in [6.07, 6.45) is 5.40. The van der Waals surface area contributed by atoms with Gasteiger partial charge in [0.1, 0.15) is 16.9 Å². The maximum atomic E-state index is 11.2. The van der Waals surface area contributed by atoms with E-state index in [0.717, 1.165) is 34.8 Å². The van der Waals surface area contributed by atoms with E-state index in [9.17, 15) is 4.79 Å². The minimum Gasteiger partial charge on any atom is -0.466 e. The van der Waals surface area contributed by atoms with Crippen LogP contribution < -0.4 is 0 Å². The molecule has 7 heteroatoms. The van der Waals surface area contributed by atoms with Crippen LogP contribution in [0, 0.1) is 0 Å². The Hall–Kier alpha value is -1.63. The van der Waals surface area contributed by atoms with Crippen molar-refractivity contribution in [2.24, 2.45) is 0 Å².